The summed E-state index contributed by atoms with van der Waals surface area (Å²) in [5, 5.41) is 13.7. The van der Waals surface area contributed by atoms with E-state index in [0.717, 1.165) is 10.2 Å². The van der Waals surface area contributed by atoms with E-state index >= 15 is 0 Å². The molecule has 0 saturated heterocycles. The van der Waals surface area contributed by atoms with Crippen LogP contribution < -0.4 is 10.1 Å². The zero-order valence-corrected chi connectivity index (χ0v) is 12.0. The minimum absolute atomic E-state index is 0.0463. The first-order valence-electron chi connectivity index (χ1n) is 5.88. The van der Waals surface area contributed by atoms with Crippen LogP contribution in [0.1, 0.15) is 0 Å². The van der Waals surface area contributed by atoms with Gasteiger partial charge in [0.15, 0.2) is 0 Å². The predicted molar refractivity (Wildman–Crippen MR) is 79.0 cm³/mol. The number of hydrogen-bond acceptors (Lipinski definition) is 5. The molecule has 2 aromatic rings. The van der Waals surface area contributed by atoms with E-state index in [1.807, 2.05) is 24.3 Å². The second-order valence-electron chi connectivity index (χ2n) is 3.86. The van der Waals surface area contributed by atoms with E-state index in [9.17, 15) is 10.1 Å². The number of hydrogen-bond donors (Lipinski definition) is 1. The zero-order chi connectivity index (χ0) is 14.4. The van der Waals surface area contributed by atoms with Gasteiger partial charge in [-0.1, -0.05) is 22.0 Å². The molecule has 104 valence electrons. The van der Waals surface area contributed by atoms with Crippen LogP contribution in [0.2, 0.25) is 0 Å². The maximum Gasteiger partial charge on any atom is 0.311 e. The lowest BCUT2D eigenvalue weighted by Gasteiger charge is -2.08. The summed E-state index contributed by atoms with van der Waals surface area (Å²) in [5.74, 6) is 0.979. The van der Waals surface area contributed by atoms with Gasteiger partial charge < -0.3 is 10.1 Å². The van der Waals surface area contributed by atoms with E-state index in [4.69, 9.17) is 4.74 Å². The summed E-state index contributed by atoms with van der Waals surface area (Å²) in [6.07, 6.45) is 1.50. The third-order valence-corrected chi connectivity index (χ3v) is 2.94. The first-order valence-corrected chi connectivity index (χ1v) is 6.68. The minimum atomic E-state index is -0.468. The Balaban J connectivity index is 1.86. The molecule has 1 aromatic carbocycles. The van der Waals surface area contributed by atoms with E-state index in [2.05, 4.69) is 26.2 Å². The highest BCUT2D eigenvalue weighted by molar-refractivity contribution is 9.10. The number of rotatable bonds is 6. The SMILES string of the molecule is O=[N+]([O-])c1cccnc1NCCOc1cccc(Br)c1. The minimum Gasteiger partial charge on any atom is -0.492 e. The Morgan fingerprint density at radius 2 is 2.20 bits per heavy atom. The Hall–Kier alpha value is -2.15. The van der Waals surface area contributed by atoms with Crippen molar-refractivity contribution < 1.29 is 9.66 Å². The number of pyridine rings is 1. The largest absolute Gasteiger partial charge is 0.492 e. The first-order chi connectivity index (χ1) is 9.66. The fourth-order valence-corrected chi connectivity index (χ4v) is 1.95. The summed E-state index contributed by atoms with van der Waals surface area (Å²) in [6.45, 7) is 0.800. The smallest absolute Gasteiger partial charge is 0.311 e. The van der Waals surface area contributed by atoms with Crippen LogP contribution in [0.15, 0.2) is 47.1 Å². The van der Waals surface area contributed by atoms with Crippen molar-refractivity contribution >= 4 is 27.4 Å². The van der Waals surface area contributed by atoms with Crippen molar-refractivity contribution in [2.45, 2.75) is 0 Å². The standard InChI is InChI=1S/C13H12BrN3O3/c14-10-3-1-4-11(9-10)20-8-7-16-13-12(17(18)19)5-2-6-15-13/h1-6,9H,7-8H2,(H,15,16). The van der Waals surface area contributed by atoms with Gasteiger partial charge in [0, 0.05) is 16.7 Å². The fourth-order valence-electron chi connectivity index (χ4n) is 1.58. The molecule has 0 saturated carbocycles. The van der Waals surface area contributed by atoms with Crippen molar-refractivity contribution in [2.75, 3.05) is 18.5 Å². The fraction of sp³-hybridized carbons (Fsp3) is 0.154. The van der Waals surface area contributed by atoms with E-state index in [1.165, 1.54) is 18.3 Å². The summed E-state index contributed by atoms with van der Waals surface area (Å²) >= 11 is 3.35. The maximum absolute atomic E-state index is 10.8. The molecular formula is C13H12BrN3O3. The molecule has 0 bridgehead atoms. The monoisotopic (exact) mass is 337 g/mol. The number of benzene rings is 1. The molecule has 20 heavy (non-hydrogen) atoms. The normalized spacial score (nSPS) is 10.1. The van der Waals surface area contributed by atoms with Gasteiger partial charge in [-0.05, 0) is 24.3 Å². The Kier molecular flexibility index (Phi) is 4.89. The number of anilines is 1. The molecule has 6 nitrogen and oxygen atoms in total. The van der Waals surface area contributed by atoms with Gasteiger partial charge >= 0.3 is 5.69 Å². The quantitative estimate of drug-likeness (QED) is 0.497. The van der Waals surface area contributed by atoms with Crippen LogP contribution in [0.5, 0.6) is 5.75 Å². The summed E-state index contributed by atoms with van der Waals surface area (Å²) in [4.78, 5) is 14.3. The number of ether oxygens (including phenoxy) is 1. The molecule has 0 aliphatic rings. The molecule has 0 fully saturated rings. The third-order valence-electron chi connectivity index (χ3n) is 2.44. The number of nitrogens with one attached hydrogen (secondary N) is 1. The van der Waals surface area contributed by atoms with Gasteiger partial charge in [0.05, 0.1) is 11.5 Å². The number of aromatic nitrogens is 1. The maximum atomic E-state index is 10.8. The molecule has 0 aliphatic heterocycles. The second-order valence-corrected chi connectivity index (χ2v) is 4.78. The van der Waals surface area contributed by atoms with Crippen LogP contribution in [0.25, 0.3) is 0 Å². The molecule has 2 rings (SSSR count). The summed E-state index contributed by atoms with van der Waals surface area (Å²) in [7, 11) is 0. The predicted octanol–water partition coefficient (Wildman–Crippen LogP) is 3.24. The molecule has 7 heteroatoms. The summed E-state index contributed by atoms with van der Waals surface area (Å²) in [5.41, 5.74) is -0.0463. The van der Waals surface area contributed by atoms with Gasteiger partial charge in [-0.25, -0.2) is 4.98 Å². The highest BCUT2D eigenvalue weighted by Crippen LogP contribution is 2.20. The molecule has 0 radical (unpaired) electrons. The van der Waals surface area contributed by atoms with Gasteiger partial charge in [-0.2, -0.15) is 0 Å². The molecule has 0 amide bonds. The van der Waals surface area contributed by atoms with Gasteiger partial charge in [0.2, 0.25) is 5.82 Å². The number of nitrogens with zero attached hydrogens (tertiary/aromatic N) is 2. The van der Waals surface area contributed by atoms with Crippen LogP contribution in [-0.2, 0) is 0 Å². The molecule has 0 atom stereocenters. The van der Waals surface area contributed by atoms with Crippen LogP contribution in [-0.4, -0.2) is 23.1 Å². The molecule has 0 spiro atoms. The number of halogens is 1. The molecule has 1 aromatic heterocycles. The van der Waals surface area contributed by atoms with Crippen molar-refractivity contribution in [3.8, 4) is 5.75 Å². The van der Waals surface area contributed by atoms with Crippen molar-refractivity contribution in [3.63, 3.8) is 0 Å². The van der Waals surface area contributed by atoms with Gasteiger partial charge in [0.25, 0.3) is 0 Å². The van der Waals surface area contributed by atoms with Crippen molar-refractivity contribution in [1.82, 2.24) is 4.98 Å². The van der Waals surface area contributed by atoms with Crippen molar-refractivity contribution in [3.05, 3.63) is 57.2 Å². The highest BCUT2D eigenvalue weighted by Gasteiger charge is 2.12. The van der Waals surface area contributed by atoms with Crippen LogP contribution in [0, 0.1) is 10.1 Å². The summed E-state index contributed by atoms with van der Waals surface area (Å²) in [6, 6.07) is 10.4. The molecule has 1 heterocycles. The van der Waals surface area contributed by atoms with Crippen LogP contribution in [0.3, 0.4) is 0 Å². The topological polar surface area (TPSA) is 77.3 Å². The Morgan fingerprint density at radius 1 is 1.35 bits per heavy atom. The zero-order valence-electron chi connectivity index (χ0n) is 10.5. The molecular weight excluding hydrogens is 326 g/mol. The summed E-state index contributed by atoms with van der Waals surface area (Å²) < 4.78 is 6.45. The van der Waals surface area contributed by atoms with Crippen molar-refractivity contribution in [2.24, 2.45) is 0 Å². The van der Waals surface area contributed by atoms with E-state index in [0.29, 0.717) is 13.2 Å². The lowest BCUT2D eigenvalue weighted by atomic mass is 10.3. The highest BCUT2D eigenvalue weighted by atomic mass is 79.9. The Bertz CT molecular complexity index is 607. The second kappa shape index (κ2) is 6.85. The van der Waals surface area contributed by atoms with E-state index in [-0.39, 0.29) is 11.5 Å². The van der Waals surface area contributed by atoms with Gasteiger partial charge in [-0.3, -0.25) is 10.1 Å². The first kappa shape index (κ1) is 14.3. The molecule has 1 N–H and O–H groups in total. The Morgan fingerprint density at radius 3 is 2.95 bits per heavy atom. The number of nitro groups is 1. The van der Waals surface area contributed by atoms with Crippen LogP contribution in [0.4, 0.5) is 11.5 Å². The van der Waals surface area contributed by atoms with E-state index < -0.39 is 4.92 Å². The average molecular weight is 338 g/mol. The molecule has 0 aliphatic carbocycles. The third kappa shape index (κ3) is 3.92. The van der Waals surface area contributed by atoms with Crippen molar-refractivity contribution in [1.29, 1.82) is 0 Å². The van der Waals surface area contributed by atoms with Crippen LogP contribution >= 0.6 is 15.9 Å². The molecule has 0 unspecified atom stereocenters. The van der Waals surface area contributed by atoms with Gasteiger partial charge in [-0.15, -0.1) is 0 Å². The lowest BCUT2D eigenvalue weighted by Crippen LogP contribution is -2.13. The average Bonchev–Trinajstić information content (AvgIpc) is 2.44. The lowest BCUT2D eigenvalue weighted by molar-refractivity contribution is -0.384. The van der Waals surface area contributed by atoms with E-state index in [1.54, 1.807) is 0 Å². The Labute approximate surface area is 124 Å². The van der Waals surface area contributed by atoms with Gasteiger partial charge in [0.1, 0.15) is 12.4 Å².